The van der Waals surface area contributed by atoms with Crippen molar-refractivity contribution in [3.63, 3.8) is 0 Å². The lowest BCUT2D eigenvalue weighted by Gasteiger charge is -2.38. The van der Waals surface area contributed by atoms with Crippen molar-refractivity contribution in [3.05, 3.63) is 137 Å². The summed E-state index contributed by atoms with van der Waals surface area (Å²) in [6.45, 7) is 28.4. The summed E-state index contributed by atoms with van der Waals surface area (Å²) in [5.41, 5.74) is 16.5. The molecule has 5 aromatic rings. The molecule has 0 saturated heterocycles. The Labute approximate surface area is 292 Å². The lowest BCUT2D eigenvalue weighted by Crippen LogP contribution is -2.51. The molecule has 0 unspecified atom stereocenters. The fraction of sp³-hybridized carbons (Fsp3) is 0.289. The maximum absolute atomic E-state index is 6.86. The molecular weight excluding hydrogens is 613 g/mol. The predicted octanol–water partition coefficient (Wildman–Crippen LogP) is 11.0. The highest BCUT2D eigenvalue weighted by atomic mass is 28.3. The number of hydrogen-bond acceptors (Lipinski definition) is 1. The van der Waals surface area contributed by atoms with E-state index < -0.39 is 16.9 Å². The van der Waals surface area contributed by atoms with Crippen LogP contribution in [0.3, 0.4) is 0 Å². The summed E-state index contributed by atoms with van der Waals surface area (Å²) >= 11 is 0. The molecule has 0 atom stereocenters. The van der Waals surface area contributed by atoms with Gasteiger partial charge >= 0.3 is 0 Å². The van der Waals surface area contributed by atoms with E-state index in [0.717, 1.165) is 5.75 Å². The summed E-state index contributed by atoms with van der Waals surface area (Å²) < 4.78 is 6.86. The van der Waals surface area contributed by atoms with Crippen LogP contribution in [-0.2, 0) is 5.41 Å². The zero-order chi connectivity index (χ0) is 34.5. The first-order valence-corrected chi connectivity index (χ1v) is 23.0. The summed E-state index contributed by atoms with van der Waals surface area (Å²) in [7, 11) is -3.11. The first-order valence-electron chi connectivity index (χ1n) is 17.4. The highest BCUT2D eigenvalue weighted by Crippen LogP contribution is 2.52. The van der Waals surface area contributed by atoms with Crippen LogP contribution >= 0.6 is 0 Å². The average molecular weight is 664 g/mol. The molecule has 1 aliphatic rings. The van der Waals surface area contributed by atoms with E-state index in [9.17, 15) is 0 Å². The van der Waals surface area contributed by atoms with Gasteiger partial charge in [-0.2, -0.15) is 0 Å². The van der Waals surface area contributed by atoms with Crippen molar-refractivity contribution < 1.29 is 4.74 Å². The first kappa shape index (κ1) is 34.0. The minimum absolute atomic E-state index is 0.0550. The Bertz CT molecular complexity index is 1930. The molecule has 6 rings (SSSR count). The van der Waals surface area contributed by atoms with Crippen LogP contribution in [0.15, 0.2) is 104 Å². The van der Waals surface area contributed by atoms with Gasteiger partial charge in [-0.25, -0.2) is 0 Å². The summed E-state index contributed by atoms with van der Waals surface area (Å²) in [5.74, 6) is 1.12. The first-order chi connectivity index (χ1) is 22.8. The predicted molar refractivity (Wildman–Crippen MR) is 214 cm³/mol. The zero-order valence-corrected chi connectivity index (χ0v) is 32.6. The minimum Gasteiger partial charge on any atom is -0.489 e. The Kier molecular flexibility index (Phi) is 9.08. The van der Waals surface area contributed by atoms with Crippen LogP contribution in [0.1, 0.15) is 59.7 Å². The molecule has 0 bridgehead atoms. The van der Waals surface area contributed by atoms with E-state index in [-0.39, 0.29) is 11.0 Å². The summed E-state index contributed by atoms with van der Waals surface area (Å²) in [4.78, 5) is 0. The molecule has 0 N–H and O–H groups in total. The highest BCUT2D eigenvalue weighted by molar-refractivity contribution is 6.92. The lowest BCUT2D eigenvalue weighted by molar-refractivity contribution is 0.354. The van der Waals surface area contributed by atoms with Gasteiger partial charge in [0.1, 0.15) is 12.4 Å². The third-order valence-electron chi connectivity index (χ3n) is 10.4. The lowest BCUT2D eigenvalue weighted by atomic mass is 9.85. The zero-order valence-electron chi connectivity index (χ0n) is 30.6. The summed E-state index contributed by atoms with van der Waals surface area (Å²) in [5, 5.41) is 2.95. The molecule has 245 valence electrons. The van der Waals surface area contributed by atoms with Gasteiger partial charge < -0.3 is 4.74 Å². The third kappa shape index (κ3) is 5.86. The van der Waals surface area contributed by atoms with Crippen LogP contribution in [0.25, 0.3) is 33.4 Å². The van der Waals surface area contributed by atoms with Crippen LogP contribution < -0.4 is 15.1 Å². The molecule has 1 nitrogen and oxygen atoms in total. The smallest absolute Gasteiger partial charge is 0.122 e. The highest BCUT2D eigenvalue weighted by Gasteiger charge is 2.45. The number of benzene rings is 5. The Balaban J connectivity index is 1.66. The van der Waals surface area contributed by atoms with Crippen molar-refractivity contribution in [2.24, 2.45) is 0 Å². The number of aryl methyl sites for hydroxylation is 3. The second kappa shape index (κ2) is 12.8. The van der Waals surface area contributed by atoms with Crippen LogP contribution in [0.4, 0.5) is 0 Å². The maximum atomic E-state index is 6.86. The van der Waals surface area contributed by atoms with Crippen molar-refractivity contribution in [2.45, 2.75) is 78.7 Å². The average Bonchev–Trinajstić information content (AvgIpc) is 3.37. The van der Waals surface area contributed by atoms with Crippen LogP contribution in [0, 0.1) is 20.8 Å². The van der Waals surface area contributed by atoms with Gasteiger partial charge in [0.05, 0.1) is 16.9 Å². The Morgan fingerprint density at radius 2 is 1.21 bits per heavy atom. The van der Waals surface area contributed by atoms with E-state index in [2.05, 4.69) is 165 Å². The Morgan fingerprint density at radius 1 is 0.708 bits per heavy atom. The normalized spacial score (nSPS) is 13.1. The van der Waals surface area contributed by atoms with Crippen molar-refractivity contribution in [1.82, 2.24) is 0 Å². The number of fused-ring (bicyclic) bond motifs is 3. The molecule has 0 heterocycles. The standard InChI is InChI=1S/C45H51OSi2/c1-12-25-46-42-40(26-31(4)43(47(8)9)41(42)45(5,6)7)48(10,11)44-38-27-32(34-19-15-13-17-29(34)2)21-23-36(38)37-24-22-33(28-39(37)44)35-20-16-14-18-30(35)3/h12-24,26-28,44H,1,25H2,2-11H3. The molecule has 0 aliphatic heterocycles. The van der Waals surface area contributed by atoms with E-state index in [1.54, 1.807) is 0 Å². The largest absolute Gasteiger partial charge is 0.489 e. The molecule has 3 heteroatoms. The second-order valence-electron chi connectivity index (χ2n) is 15.6. The van der Waals surface area contributed by atoms with Gasteiger partial charge in [0.15, 0.2) is 0 Å². The quantitative estimate of drug-likeness (QED) is 0.119. The van der Waals surface area contributed by atoms with Crippen molar-refractivity contribution in [2.75, 3.05) is 6.61 Å². The molecule has 1 radical (unpaired) electrons. The third-order valence-corrected chi connectivity index (χ3v) is 15.9. The number of ether oxygens (including phenoxy) is 1. The van der Waals surface area contributed by atoms with E-state index >= 15 is 0 Å². The van der Waals surface area contributed by atoms with Gasteiger partial charge in [0, 0.05) is 5.54 Å². The number of hydrogen-bond donors (Lipinski definition) is 0. The van der Waals surface area contributed by atoms with Gasteiger partial charge in [0.25, 0.3) is 0 Å². The second-order valence-corrected chi connectivity index (χ2v) is 22.6. The van der Waals surface area contributed by atoms with Crippen LogP contribution in [-0.4, -0.2) is 23.5 Å². The van der Waals surface area contributed by atoms with E-state index in [4.69, 9.17) is 4.74 Å². The van der Waals surface area contributed by atoms with Crippen molar-refractivity contribution in [1.29, 1.82) is 0 Å². The SMILES string of the molecule is C=CCOc1c([Si](C)(C)C2c3cc(-c4ccccc4C)ccc3-c3ccc(-c4ccccc4C)cc32)cc(C)c([Si](C)C)c1C(C)(C)C. The van der Waals surface area contributed by atoms with Gasteiger partial charge in [-0.15, -0.1) is 0 Å². The molecule has 0 fully saturated rings. The summed E-state index contributed by atoms with van der Waals surface area (Å²) in [6.07, 6.45) is 1.90. The fourth-order valence-electron chi connectivity index (χ4n) is 8.25. The molecule has 0 amide bonds. The molecule has 0 aromatic heterocycles. The Morgan fingerprint density at radius 3 is 1.65 bits per heavy atom. The van der Waals surface area contributed by atoms with Gasteiger partial charge in [0.2, 0.25) is 0 Å². The van der Waals surface area contributed by atoms with E-state index in [1.165, 1.54) is 77.1 Å². The number of rotatable bonds is 8. The summed E-state index contributed by atoms with van der Waals surface area (Å²) in [6, 6.07) is 34.6. The molecule has 1 aliphatic carbocycles. The van der Waals surface area contributed by atoms with E-state index in [1.807, 2.05) is 6.08 Å². The van der Waals surface area contributed by atoms with Gasteiger partial charge in [-0.3, -0.25) is 0 Å². The topological polar surface area (TPSA) is 9.23 Å². The molecule has 48 heavy (non-hydrogen) atoms. The van der Waals surface area contributed by atoms with Crippen molar-refractivity contribution >= 4 is 27.2 Å². The fourth-order valence-corrected chi connectivity index (χ4v) is 13.8. The Hall–Kier alpha value is -3.93. The van der Waals surface area contributed by atoms with E-state index in [0.29, 0.717) is 6.61 Å². The van der Waals surface area contributed by atoms with Gasteiger partial charge in [-0.05, 0) is 92.6 Å². The van der Waals surface area contributed by atoms with Gasteiger partial charge in [-0.1, -0.05) is 161 Å². The molecular formula is C45H51OSi2. The van der Waals surface area contributed by atoms with Crippen LogP contribution in [0.5, 0.6) is 5.75 Å². The molecule has 0 saturated carbocycles. The van der Waals surface area contributed by atoms with Crippen LogP contribution in [0.2, 0.25) is 26.2 Å². The minimum atomic E-state index is -2.37. The molecule has 0 spiro atoms. The van der Waals surface area contributed by atoms with Crippen molar-refractivity contribution in [3.8, 4) is 39.1 Å². The monoisotopic (exact) mass is 663 g/mol. The molecule has 5 aromatic carbocycles. The maximum Gasteiger partial charge on any atom is 0.122 e.